The van der Waals surface area contributed by atoms with E-state index in [0.717, 1.165) is 21.9 Å². The standard InChI is InChI=1S/C23H16NO3P.4C18H15P.Pd/c25-28(26,19-11-12-22-21(14-19)24-15-27-22)23-8-4-3-7-20(23)18-10-9-16-5-1-2-6-17(16)13-18;4*1-4-10-16(11-5-1)19(17-12-6-2-7-13-17)18-14-8-3-9-15-18;/h1-15H,(H,25,26);4*1-15H;. The van der Waals surface area contributed by atoms with E-state index in [4.69, 9.17) is 4.42 Å². The van der Waals surface area contributed by atoms with Crippen LogP contribution in [0.25, 0.3) is 33.0 Å². The number of fused-ring (bicyclic) bond motifs is 2. The average Bonchev–Trinajstić information content (AvgIpc) is 1.69. The van der Waals surface area contributed by atoms with Crippen LogP contribution in [0.1, 0.15) is 0 Å². The van der Waals surface area contributed by atoms with Gasteiger partial charge in [0.25, 0.3) is 7.37 Å². The van der Waals surface area contributed by atoms with Crippen LogP contribution in [-0.4, -0.2) is 9.88 Å². The summed E-state index contributed by atoms with van der Waals surface area (Å²) in [6.45, 7) is 0. The van der Waals surface area contributed by atoms with Crippen LogP contribution in [-0.2, 0) is 25.0 Å². The van der Waals surface area contributed by atoms with Crippen LogP contribution in [0, 0.1) is 0 Å². The monoisotopic (exact) mass is 1540 g/mol. The number of aromatic nitrogens is 1. The maximum Gasteiger partial charge on any atom is 0.259 e. The van der Waals surface area contributed by atoms with Crippen LogP contribution in [0.5, 0.6) is 0 Å². The minimum absolute atomic E-state index is 0. The van der Waals surface area contributed by atoms with Crippen LogP contribution in [0.15, 0.2) is 460 Å². The zero-order chi connectivity index (χ0) is 70.8. The molecule has 1 aromatic heterocycles. The third-order valence-corrected chi connectivity index (χ3v) is 28.9. The number of rotatable bonds is 15. The topological polar surface area (TPSA) is 63.3 Å². The predicted molar refractivity (Wildman–Crippen MR) is 453 cm³/mol. The first kappa shape index (κ1) is 74.5. The molecule has 1 atom stereocenters. The molecule has 17 aromatic rings. The van der Waals surface area contributed by atoms with Crippen LogP contribution in [0.2, 0.25) is 0 Å². The summed E-state index contributed by atoms with van der Waals surface area (Å²) in [6.07, 6.45) is 1.33. The van der Waals surface area contributed by atoms with Crippen LogP contribution < -0.4 is 74.3 Å². The summed E-state index contributed by atoms with van der Waals surface area (Å²) in [5.74, 6) is 0. The van der Waals surface area contributed by atoms with E-state index in [9.17, 15) is 9.46 Å². The first-order chi connectivity index (χ1) is 51.4. The molecule has 0 aliphatic carbocycles. The van der Waals surface area contributed by atoms with E-state index < -0.39 is 39.1 Å². The van der Waals surface area contributed by atoms with Crippen molar-refractivity contribution in [2.45, 2.75) is 0 Å². The van der Waals surface area contributed by atoms with Crippen molar-refractivity contribution in [1.82, 2.24) is 4.98 Å². The normalized spacial score (nSPS) is 11.3. The van der Waals surface area contributed by atoms with E-state index in [1.807, 2.05) is 42.5 Å². The zero-order valence-corrected chi connectivity index (χ0v) is 63.6. The largest absolute Gasteiger partial charge is 0.443 e. The minimum Gasteiger partial charge on any atom is -0.443 e. The molecule has 105 heavy (non-hydrogen) atoms. The van der Waals surface area contributed by atoms with Gasteiger partial charge in [-0.05, 0) is 148 Å². The second-order valence-corrected chi connectivity index (χ2v) is 35.1. The summed E-state index contributed by atoms with van der Waals surface area (Å²) in [6, 6.07) is 156. The van der Waals surface area contributed by atoms with Gasteiger partial charge in [-0.25, -0.2) is 4.98 Å². The Balaban J connectivity index is 0.000000124. The molecular formula is C95H76NO3P5Pd. The predicted octanol–water partition coefficient (Wildman–Crippen LogP) is 18.6. The molecule has 0 amide bonds. The van der Waals surface area contributed by atoms with Crippen molar-refractivity contribution in [2.24, 2.45) is 0 Å². The van der Waals surface area contributed by atoms with Crippen molar-refractivity contribution in [3.05, 3.63) is 455 Å². The number of nitrogens with zero attached hydrogens (tertiary/aromatic N) is 1. The Kier molecular flexibility index (Phi) is 27.4. The van der Waals surface area contributed by atoms with Gasteiger partial charge in [-0.1, -0.05) is 419 Å². The maximum absolute atomic E-state index is 13.5. The van der Waals surface area contributed by atoms with E-state index in [1.165, 1.54) is 70.0 Å². The van der Waals surface area contributed by atoms with Gasteiger partial charge in [-0.15, -0.1) is 0 Å². The molecule has 0 saturated carbocycles. The molecular weight excluding hydrogens is 1460 g/mol. The van der Waals surface area contributed by atoms with E-state index >= 15 is 0 Å². The second-order valence-electron chi connectivity index (χ2n) is 24.0. The summed E-state index contributed by atoms with van der Waals surface area (Å²) in [7, 11) is -5.61. The van der Waals surface area contributed by atoms with Gasteiger partial charge < -0.3 is 9.31 Å². The molecule has 4 nitrogen and oxygen atoms in total. The Bertz CT molecular complexity index is 4570. The summed E-state index contributed by atoms with van der Waals surface area (Å²) in [5, 5.41) is 19.7. The van der Waals surface area contributed by atoms with Gasteiger partial charge in [0.2, 0.25) is 0 Å². The molecule has 0 spiro atoms. The molecule has 1 unspecified atom stereocenters. The van der Waals surface area contributed by atoms with Crippen LogP contribution in [0.3, 0.4) is 0 Å². The van der Waals surface area contributed by atoms with Crippen LogP contribution >= 0.6 is 39.1 Å². The summed E-state index contributed by atoms with van der Waals surface area (Å²) < 4.78 is 18.8. The molecule has 0 radical (unpaired) electrons. The van der Waals surface area contributed by atoms with Crippen molar-refractivity contribution in [3.63, 3.8) is 0 Å². The van der Waals surface area contributed by atoms with Gasteiger partial charge >= 0.3 is 0 Å². The third-order valence-electron chi connectivity index (χ3n) is 17.1. The van der Waals surface area contributed by atoms with Crippen molar-refractivity contribution in [1.29, 1.82) is 0 Å². The molecule has 0 fully saturated rings. The maximum atomic E-state index is 13.5. The van der Waals surface area contributed by atoms with Crippen LogP contribution in [0.4, 0.5) is 0 Å². The van der Waals surface area contributed by atoms with Gasteiger partial charge in [-0.2, -0.15) is 0 Å². The van der Waals surface area contributed by atoms with Crippen molar-refractivity contribution >= 4 is 135 Å². The number of benzene rings is 16. The second kappa shape index (κ2) is 38.5. The Hall–Kier alpha value is -10.2. The van der Waals surface area contributed by atoms with Gasteiger partial charge in [0, 0.05) is 31.0 Å². The Labute approximate surface area is 636 Å². The third kappa shape index (κ3) is 19.8. The zero-order valence-electron chi connectivity index (χ0n) is 57.6. The molecule has 10 heteroatoms. The molecule has 0 aliphatic rings. The van der Waals surface area contributed by atoms with Gasteiger partial charge in [-0.3, -0.25) is 4.57 Å². The quantitative estimate of drug-likeness (QED) is 0.0821. The molecule has 0 bridgehead atoms. The fraction of sp³-hybridized carbons (Fsp3) is 0. The summed E-state index contributed by atoms with van der Waals surface area (Å²) in [5.41, 5.74) is 2.81. The molecule has 0 saturated heterocycles. The number of hydrogen-bond acceptors (Lipinski definition) is 3. The molecule has 16 aromatic carbocycles. The molecule has 1 heterocycles. The van der Waals surface area contributed by atoms with Crippen molar-refractivity contribution in [3.8, 4) is 11.1 Å². The van der Waals surface area contributed by atoms with E-state index in [-0.39, 0.29) is 20.4 Å². The molecule has 17 rings (SSSR count). The van der Waals surface area contributed by atoms with Crippen molar-refractivity contribution in [2.75, 3.05) is 0 Å². The Morgan fingerprint density at radius 1 is 0.257 bits per heavy atom. The van der Waals surface area contributed by atoms with E-state index in [2.05, 4.69) is 381 Å². The fourth-order valence-electron chi connectivity index (χ4n) is 12.2. The van der Waals surface area contributed by atoms with Gasteiger partial charge in [0.1, 0.15) is 5.52 Å². The molecule has 0 aliphatic heterocycles. The number of hydrogen-bond donors (Lipinski definition) is 1. The first-order valence-corrected chi connectivity index (χ1v) is 41.5. The summed E-state index contributed by atoms with van der Waals surface area (Å²) in [4.78, 5) is 15.2. The SMILES string of the molecule is O=P(O)(c1ccc2ocnc2c1)c1ccccc1-c1ccc2ccccc2c1.[Pd].c1ccc(P(c2ccccc2)c2ccccc2)cc1.c1ccc(P(c2ccccc2)c2ccccc2)cc1.c1ccc(P(c2ccccc2)c2ccccc2)cc1.c1ccc(P(c2ccccc2)c2ccccc2)cc1. The fourth-order valence-corrected chi connectivity index (χ4v) is 23.1. The van der Waals surface area contributed by atoms with Crippen molar-refractivity contribution < 1.29 is 34.3 Å². The Morgan fingerprint density at radius 3 is 0.790 bits per heavy atom. The number of oxazole rings is 1. The molecule has 1 N–H and O–H groups in total. The smallest absolute Gasteiger partial charge is 0.259 e. The molecule has 514 valence electrons. The first-order valence-electron chi connectivity index (χ1n) is 34.5. The van der Waals surface area contributed by atoms with E-state index in [1.54, 1.807) is 30.3 Å². The van der Waals surface area contributed by atoms with E-state index in [0.29, 0.717) is 21.7 Å². The van der Waals surface area contributed by atoms with Gasteiger partial charge in [0.15, 0.2) is 12.0 Å². The average molecular weight is 1540 g/mol. The summed E-state index contributed by atoms with van der Waals surface area (Å²) >= 11 is 0. The van der Waals surface area contributed by atoms with Gasteiger partial charge in [0.05, 0.1) is 0 Å². The Morgan fingerprint density at radius 2 is 0.505 bits per heavy atom. The minimum atomic E-state index is -3.82.